The van der Waals surface area contributed by atoms with Crippen molar-refractivity contribution in [1.82, 2.24) is 5.32 Å². The van der Waals surface area contributed by atoms with Crippen molar-refractivity contribution in [2.24, 2.45) is 0 Å². The molecule has 2 atom stereocenters. The van der Waals surface area contributed by atoms with Crippen LogP contribution in [0.4, 0.5) is 10.5 Å². The molecule has 0 aliphatic heterocycles. The lowest BCUT2D eigenvalue weighted by Crippen LogP contribution is -2.47. The molecule has 26 heavy (non-hydrogen) atoms. The van der Waals surface area contributed by atoms with Gasteiger partial charge in [-0.25, -0.2) is 9.59 Å². The van der Waals surface area contributed by atoms with Crippen LogP contribution in [-0.2, 0) is 9.53 Å². The van der Waals surface area contributed by atoms with Crippen LogP contribution in [-0.4, -0.2) is 37.4 Å². The maximum atomic E-state index is 12.2. The third-order valence-corrected chi connectivity index (χ3v) is 3.83. The Kier molecular flexibility index (Phi) is 6.82. The fraction of sp³-hybridized carbons (Fsp3) is 0.222. The number of aliphatic hydroxyl groups is 1. The van der Waals surface area contributed by atoms with Crippen molar-refractivity contribution >= 4 is 29.3 Å². The number of carbonyl (C=O) groups excluding carboxylic acids is 2. The van der Waals surface area contributed by atoms with E-state index in [-0.39, 0.29) is 0 Å². The summed E-state index contributed by atoms with van der Waals surface area (Å²) in [6.45, 7) is 0. The molecule has 0 aliphatic carbocycles. The Labute approximate surface area is 155 Å². The van der Waals surface area contributed by atoms with E-state index in [9.17, 15) is 14.7 Å². The van der Waals surface area contributed by atoms with E-state index in [2.05, 4.69) is 15.4 Å². The Morgan fingerprint density at radius 1 is 1.12 bits per heavy atom. The lowest BCUT2D eigenvalue weighted by atomic mass is 10.0. The molecule has 0 heterocycles. The van der Waals surface area contributed by atoms with Crippen LogP contribution in [0.3, 0.4) is 0 Å². The molecule has 7 nitrogen and oxygen atoms in total. The van der Waals surface area contributed by atoms with E-state index >= 15 is 0 Å². The zero-order chi connectivity index (χ0) is 19.1. The second-order valence-corrected chi connectivity index (χ2v) is 5.76. The molecule has 0 aliphatic rings. The number of halogens is 1. The quantitative estimate of drug-likeness (QED) is 0.671. The zero-order valence-electron chi connectivity index (χ0n) is 14.2. The molecule has 0 spiro atoms. The first-order valence-corrected chi connectivity index (χ1v) is 8.05. The number of amides is 2. The minimum Gasteiger partial charge on any atom is -0.497 e. The topological polar surface area (TPSA) is 96.9 Å². The molecular weight excluding hydrogens is 360 g/mol. The Balaban J connectivity index is 2.12. The highest BCUT2D eigenvalue weighted by Gasteiger charge is 2.30. The standard InChI is InChI=1S/C18H19ClN2O5/c1-25-14-8-6-11(7-9-14)16(22)15(17(23)26-2)21-18(24)20-13-5-3-4-12(19)10-13/h3-10,15-16,22H,1-2H3,(H2,20,21,24). The van der Waals surface area contributed by atoms with Gasteiger partial charge in [0.15, 0.2) is 6.04 Å². The van der Waals surface area contributed by atoms with Gasteiger partial charge >= 0.3 is 12.0 Å². The van der Waals surface area contributed by atoms with Gasteiger partial charge in [0.25, 0.3) is 0 Å². The summed E-state index contributed by atoms with van der Waals surface area (Å²) in [5.41, 5.74) is 0.863. The van der Waals surface area contributed by atoms with E-state index in [1.54, 1.807) is 48.5 Å². The summed E-state index contributed by atoms with van der Waals surface area (Å²) in [6.07, 6.45) is -1.31. The lowest BCUT2D eigenvalue weighted by Gasteiger charge is -2.22. The molecule has 2 aromatic rings. The SMILES string of the molecule is COC(=O)C(NC(=O)Nc1cccc(Cl)c1)C(O)c1ccc(OC)cc1. The molecule has 0 aromatic heterocycles. The molecule has 0 radical (unpaired) electrons. The van der Waals surface area contributed by atoms with Crippen LogP contribution in [0, 0.1) is 0 Å². The van der Waals surface area contributed by atoms with Crippen molar-refractivity contribution in [3.05, 3.63) is 59.1 Å². The number of rotatable bonds is 6. The number of benzene rings is 2. The normalized spacial score (nSPS) is 12.6. The second-order valence-electron chi connectivity index (χ2n) is 5.33. The third-order valence-electron chi connectivity index (χ3n) is 3.60. The number of methoxy groups -OCH3 is 2. The molecule has 2 unspecified atom stereocenters. The number of hydrogen-bond acceptors (Lipinski definition) is 5. The summed E-state index contributed by atoms with van der Waals surface area (Å²) in [6, 6.07) is 11.0. The fourth-order valence-electron chi connectivity index (χ4n) is 2.26. The van der Waals surface area contributed by atoms with Gasteiger partial charge in [-0.1, -0.05) is 29.8 Å². The largest absolute Gasteiger partial charge is 0.497 e. The van der Waals surface area contributed by atoms with Gasteiger partial charge in [-0.3, -0.25) is 0 Å². The number of aliphatic hydroxyl groups excluding tert-OH is 1. The fourth-order valence-corrected chi connectivity index (χ4v) is 2.45. The highest BCUT2D eigenvalue weighted by molar-refractivity contribution is 6.30. The number of ether oxygens (including phenoxy) is 2. The Morgan fingerprint density at radius 2 is 1.81 bits per heavy atom. The van der Waals surface area contributed by atoms with Crippen LogP contribution < -0.4 is 15.4 Å². The van der Waals surface area contributed by atoms with E-state index in [4.69, 9.17) is 16.3 Å². The number of esters is 1. The first-order chi connectivity index (χ1) is 12.4. The van der Waals surface area contributed by atoms with Crippen molar-refractivity contribution in [1.29, 1.82) is 0 Å². The first kappa shape index (κ1) is 19.6. The molecule has 0 fully saturated rings. The molecule has 3 N–H and O–H groups in total. The van der Waals surface area contributed by atoms with Gasteiger partial charge in [-0.15, -0.1) is 0 Å². The molecule has 0 saturated heterocycles. The second kappa shape index (κ2) is 9.07. The number of urea groups is 1. The van der Waals surface area contributed by atoms with Gasteiger partial charge < -0.3 is 25.2 Å². The molecular formula is C18H19ClN2O5. The lowest BCUT2D eigenvalue weighted by molar-refractivity contribution is -0.145. The molecule has 138 valence electrons. The summed E-state index contributed by atoms with van der Waals surface area (Å²) >= 11 is 5.87. The summed E-state index contributed by atoms with van der Waals surface area (Å²) in [7, 11) is 2.69. The maximum Gasteiger partial charge on any atom is 0.331 e. The highest BCUT2D eigenvalue weighted by atomic mass is 35.5. The highest BCUT2D eigenvalue weighted by Crippen LogP contribution is 2.21. The van der Waals surface area contributed by atoms with Crippen LogP contribution in [0.1, 0.15) is 11.7 Å². The van der Waals surface area contributed by atoms with Crippen LogP contribution in [0.2, 0.25) is 5.02 Å². The van der Waals surface area contributed by atoms with Crippen molar-refractivity contribution in [3.63, 3.8) is 0 Å². The Bertz CT molecular complexity index is 766. The molecule has 0 bridgehead atoms. The smallest absolute Gasteiger partial charge is 0.331 e. The van der Waals surface area contributed by atoms with Crippen molar-refractivity contribution in [2.75, 3.05) is 19.5 Å². The molecule has 8 heteroatoms. The predicted octanol–water partition coefficient (Wildman–Crippen LogP) is 2.75. The molecule has 0 saturated carbocycles. The number of anilines is 1. The average Bonchev–Trinajstić information content (AvgIpc) is 2.65. The average molecular weight is 379 g/mol. The monoisotopic (exact) mass is 378 g/mol. The summed E-state index contributed by atoms with van der Waals surface area (Å²) in [5, 5.41) is 15.9. The van der Waals surface area contributed by atoms with Gasteiger partial charge in [-0.05, 0) is 35.9 Å². The first-order valence-electron chi connectivity index (χ1n) is 7.67. The van der Waals surface area contributed by atoms with Crippen LogP contribution in [0.15, 0.2) is 48.5 Å². The molecule has 2 aromatic carbocycles. The van der Waals surface area contributed by atoms with Crippen LogP contribution in [0.25, 0.3) is 0 Å². The zero-order valence-corrected chi connectivity index (χ0v) is 15.0. The summed E-state index contributed by atoms with van der Waals surface area (Å²) < 4.78 is 9.74. The van der Waals surface area contributed by atoms with Crippen molar-refractivity contribution in [2.45, 2.75) is 12.1 Å². The van der Waals surface area contributed by atoms with Gasteiger partial charge in [0.1, 0.15) is 11.9 Å². The van der Waals surface area contributed by atoms with E-state index in [0.29, 0.717) is 22.0 Å². The number of hydrogen-bond donors (Lipinski definition) is 3. The van der Waals surface area contributed by atoms with Gasteiger partial charge in [0, 0.05) is 10.7 Å². The minimum absolute atomic E-state index is 0.421. The molecule has 2 rings (SSSR count). The van der Waals surface area contributed by atoms with Gasteiger partial charge in [0.2, 0.25) is 0 Å². The molecule has 2 amide bonds. The maximum absolute atomic E-state index is 12.2. The van der Waals surface area contributed by atoms with Gasteiger partial charge in [0.05, 0.1) is 14.2 Å². The van der Waals surface area contributed by atoms with E-state index in [1.807, 2.05) is 0 Å². The number of carbonyl (C=O) groups is 2. The Hall–Kier alpha value is -2.77. The van der Waals surface area contributed by atoms with Crippen molar-refractivity contribution in [3.8, 4) is 5.75 Å². The Morgan fingerprint density at radius 3 is 2.38 bits per heavy atom. The third kappa shape index (κ3) is 5.11. The van der Waals surface area contributed by atoms with E-state index < -0.39 is 24.1 Å². The van der Waals surface area contributed by atoms with Crippen LogP contribution >= 0.6 is 11.6 Å². The van der Waals surface area contributed by atoms with Crippen molar-refractivity contribution < 1.29 is 24.2 Å². The summed E-state index contributed by atoms with van der Waals surface area (Å²) in [4.78, 5) is 24.2. The summed E-state index contributed by atoms with van der Waals surface area (Å²) in [5.74, 6) is -0.184. The predicted molar refractivity (Wildman–Crippen MR) is 97.4 cm³/mol. The minimum atomic E-state index is -1.31. The van der Waals surface area contributed by atoms with Crippen LogP contribution in [0.5, 0.6) is 5.75 Å². The van der Waals surface area contributed by atoms with Gasteiger partial charge in [-0.2, -0.15) is 0 Å². The number of nitrogens with one attached hydrogen (secondary N) is 2. The van der Waals surface area contributed by atoms with E-state index in [1.165, 1.54) is 14.2 Å². The van der Waals surface area contributed by atoms with E-state index in [0.717, 1.165) is 0 Å².